The molecule has 1 atom stereocenters. The van der Waals surface area contributed by atoms with Crippen molar-refractivity contribution < 1.29 is 33.6 Å². The molecule has 1 unspecified atom stereocenters. The third-order valence-electron chi connectivity index (χ3n) is 7.40. The number of ether oxygens (including phenoxy) is 4. The van der Waals surface area contributed by atoms with Crippen LogP contribution in [0.15, 0.2) is 30.3 Å². The Bertz CT molecular complexity index is 1100. The number of aliphatic carboxylic acids is 1. The van der Waals surface area contributed by atoms with Crippen molar-refractivity contribution in [3.63, 3.8) is 0 Å². The second-order valence-corrected chi connectivity index (χ2v) is 9.19. The highest BCUT2D eigenvalue weighted by Gasteiger charge is 2.58. The molecule has 1 heterocycles. The summed E-state index contributed by atoms with van der Waals surface area (Å²) < 4.78 is 23.1. The van der Waals surface area contributed by atoms with Crippen LogP contribution in [0.3, 0.4) is 0 Å². The maximum Gasteiger partial charge on any atom is 0.338 e. The molecule has 5 rings (SSSR count). The van der Waals surface area contributed by atoms with Gasteiger partial charge in [-0.15, -0.1) is 0 Å². The van der Waals surface area contributed by atoms with Crippen LogP contribution in [0.25, 0.3) is 11.1 Å². The normalized spacial score (nSPS) is 19.2. The average molecular weight is 453 g/mol. The van der Waals surface area contributed by atoms with Gasteiger partial charge < -0.3 is 24.1 Å². The summed E-state index contributed by atoms with van der Waals surface area (Å²) in [4.78, 5) is 24.4. The third kappa shape index (κ3) is 3.59. The zero-order valence-electron chi connectivity index (χ0n) is 18.9. The molecule has 0 aromatic heterocycles. The minimum absolute atomic E-state index is 0.183. The molecule has 0 amide bonds. The van der Waals surface area contributed by atoms with Gasteiger partial charge in [0.05, 0.1) is 19.8 Å². The molecule has 174 valence electrons. The van der Waals surface area contributed by atoms with Crippen molar-refractivity contribution in [1.82, 2.24) is 0 Å². The van der Waals surface area contributed by atoms with Gasteiger partial charge in [-0.1, -0.05) is 31.4 Å². The van der Waals surface area contributed by atoms with E-state index in [4.69, 9.17) is 18.9 Å². The quantitative estimate of drug-likeness (QED) is 0.544. The first kappa shape index (κ1) is 21.6. The maximum absolute atomic E-state index is 12.2. The zero-order chi connectivity index (χ0) is 23.2. The van der Waals surface area contributed by atoms with E-state index in [1.807, 2.05) is 18.2 Å². The van der Waals surface area contributed by atoms with Crippen LogP contribution in [-0.2, 0) is 16.1 Å². The fourth-order valence-electron chi connectivity index (χ4n) is 5.00. The molecule has 0 saturated heterocycles. The van der Waals surface area contributed by atoms with Gasteiger partial charge in [-0.05, 0) is 48.9 Å². The Morgan fingerprint density at radius 2 is 1.85 bits per heavy atom. The number of fused-ring (bicyclic) bond motifs is 1. The Kier molecular flexibility index (Phi) is 5.43. The third-order valence-corrected chi connectivity index (χ3v) is 7.40. The number of carboxylic acid groups (broad SMARTS) is 1. The first-order valence-corrected chi connectivity index (χ1v) is 11.4. The second kappa shape index (κ2) is 8.28. The molecule has 2 aliphatic carbocycles. The topological polar surface area (TPSA) is 91.3 Å². The molecular formula is C26H28O7. The Hall–Kier alpha value is -3.22. The summed E-state index contributed by atoms with van der Waals surface area (Å²) in [6.07, 6.45) is 4.80. The number of benzene rings is 2. The molecule has 3 aliphatic rings. The summed E-state index contributed by atoms with van der Waals surface area (Å²) in [5.74, 6) is 0.673. The van der Waals surface area contributed by atoms with Crippen molar-refractivity contribution in [2.45, 2.75) is 51.2 Å². The number of carboxylic acids is 1. The summed E-state index contributed by atoms with van der Waals surface area (Å²) in [6, 6.07) is 9.14. The van der Waals surface area contributed by atoms with Gasteiger partial charge in [0.15, 0.2) is 11.5 Å². The number of cyclic esters (lactones) is 1. The van der Waals surface area contributed by atoms with Gasteiger partial charge in [0.1, 0.15) is 18.1 Å². The number of esters is 1. The van der Waals surface area contributed by atoms with Crippen LogP contribution in [0.4, 0.5) is 0 Å². The largest absolute Gasteiger partial charge is 0.493 e. The fraction of sp³-hybridized carbons (Fsp3) is 0.462. The van der Waals surface area contributed by atoms with E-state index in [1.54, 1.807) is 26.4 Å². The van der Waals surface area contributed by atoms with E-state index in [-0.39, 0.29) is 12.6 Å². The Balaban J connectivity index is 1.63. The molecule has 7 heteroatoms. The second-order valence-electron chi connectivity index (χ2n) is 9.19. The van der Waals surface area contributed by atoms with Crippen molar-refractivity contribution in [3.8, 4) is 28.4 Å². The molecule has 0 bridgehead atoms. The van der Waals surface area contributed by atoms with Crippen LogP contribution in [0.2, 0.25) is 0 Å². The summed E-state index contributed by atoms with van der Waals surface area (Å²) in [5.41, 5.74) is 1.97. The number of hydrogen-bond acceptors (Lipinski definition) is 6. The lowest BCUT2D eigenvalue weighted by Gasteiger charge is -2.34. The van der Waals surface area contributed by atoms with Crippen LogP contribution in [0.1, 0.15) is 54.4 Å². The highest BCUT2D eigenvalue weighted by molar-refractivity contribution is 5.96. The summed E-state index contributed by atoms with van der Waals surface area (Å²) in [7, 11) is 3.10. The number of rotatable bonds is 9. The smallest absolute Gasteiger partial charge is 0.338 e. The average Bonchev–Trinajstić information content (AvgIpc) is 3.52. The molecule has 2 aromatic carbocycles. The highest BCUT2D eigenvalue weighted by Crippen LogP contribution is 2.55. The van der Waals surface area contributed by atoms with Crippen molar-refractivity contribution in [1.29, 1.82) is 0 Å². The van der Waals surface area contributed by atoms with Gasteiger partial charge in [0.2, 0.25) is 5.75 Å². The van der Waals surface area contributed by atoms with Gasteiger partial charge >= 0.3 is 11.9 Å². The van der Waals surface area contributed by atoms with Gasteiger partial charge in [0, 0.05) is 11.1 Å². The lowest BCUT2D eigenvalue weighted by molar-refractivity contribution is -0.148. The summed E-state index contributed by atoms with van der Waals surface area (Å²) >= 11 is 0. The highest BCUT2D eigenvalue weighted by atomic mass is 16.5. The van der Waals surface area contributed by atoms with E-state index in [2.05, 4.69) is 0 Å². The molecule has 0 radical (unpaired) electrons. The molecule has 1 aliphatic heterocycles. The molecule has 7 nitrogen and oxygen atoms in total. The summed E-state index contributed by atoms with van der Waals surface area (Å²) in [6.45, 7) is 0.183. The zero-order valence-corrected chi connectivity index (χ0v) is 18.9. The fourth-order valence-corrected chi connectivity index (χ4v) is 5.00. The molecule has 0 spiro atoms. The van der Waals surface area contributed by atoms with Crippen LogP contribution in [0.5, 0.6) is 17.2 Å². The monoisotopic (exact) mass is 452 g/mol. The SMILES string of the molecule is COc1ccc(-c2cccc3c2COC3=O)c(OC(CC2CCC2)C2(C(=O)O)CC2)c1OC. The van der Waals surface area contributed by atoms with Crippen LogP contribution < -0.4 is 14.2 Å². The van der Waals surface area contributed by atoms with Gasteiger partial charge in [-0.25, -0.2) is 4.79 Å². The number of hydrogen-bond donors (Lipinski definition) is 1. The Labute approximate surface area is 192 Å². The maximum atomic E-state index is 12.2. The first-order chi connectivity index (χ1) is 16.0. The van der Waals surface area contributed by atoms with E-state index in [0.717, 1.165) is 29.5 Å². The van der Waals surface area contributed by atoms with Gasteiger partial charge in [-0.3, -0.25) is 4.79 Å². The number of carbonyl (C=O) groups excluding carboxylic acids is 1. The molecular weight excluding hydrogens is 424 g/mol. The lowest BCUT2D eigenvalue weighted by atomic mass is 9.78. The van der Waals surface area contributed by atoms with E-state index in [1.165, 1.54) is 6.42 Å². The molecule has 1 N–H and O–H groups in total. The standard InChI is InChI=1S/C26H28O7/c1-30-20-10-9-17(16-7-4-8-18-19(16)14-32-24(18)27)22(23(20)31-2)33-21(13-15-5-3-6-15)26(11-12-26)25(28)29/h4,7-10,15,21H,3,5-6,11-14H2,1-2H3,(H,28,29). The number of methoxy groups -OCH3 is 2. The Morgan fingerprint density at radius 1 is 1.09 bits per heavy atom. The van der Waals surface area contributed by atoms with Crippen LogP contribution >= 0.6 is 0 Å². The lowest BCUT2D eigenvalue weighted by Crippen LogP contribution is -2.38. The van der Waals surface area contributed by atoms with E-state index in [9.17, 15) is 14.7 Å². The van der Waals surface area contributed by atoms with E-state index in [0.29, 0.717) is 48.0 Å². The molecule has 2 saturated carbocycles. The van der Waals surface area contributed by atoms with Crippen molar-refractivity contribution in [3.05, 3.63) is 41.5 Å². The van der Waals surface area contributed by atoms with Crippen LogP contribution in [0, 0.1) is 11.3 Å². The predicted octanol–water partition coefficient (Wildman–Crippen LogP) is 4.84. The number of carbonyl (C=O) groups is 2. The Morgan fingerprint density at radius 3 is 2.45 bits per heavy atom. The van der Waals surface area contributed by atoms with Gasteiger partial charge in [0.25, 0.3) is 0 Å². The van der Waals surface area contributed by atoms with Crippen molar-refractivity contribution in [2.24, 2.45) is 11.3 Å². The first-order valence-electron chi connectivity index (χ1n) is 11.4. The molecule has 2 fully saturated rings. The molecule has 2 aromatic rings. The van der Waals surface area contributed by atoms with Gasteiger partial charge in [-0.2, -0.15) is 0 Å². The predicted molar refractivity (Wildman–Crippen MR) is 120 cm³/mol. The van der Waals surface area contributed by atoms with Crippen molar-refractivity contribution in [2.75, 3.05) is 14.2 Å². The van der Waals surface area contributed by atoms with E-state index < -0.39 is 17.5 Å². The molecule has 33 heavy (non-hydrogen) atoms. The minimum atomic E-state index is -0.876. The van der Waals surface area contributed by atoms with Crippen LogP contribution in [-0.4, -0.2) is 37.4 Å². The van der Waals surface area contributed by atoms with E-state index >= 15 is 0 Å². The summed E-state index contributed by atoms with van der Waals surface area (Å²) in [5, 5.41) is 10.0. The van der Waals surface area contributed by atoms with Crippen molar-refractivity contribution >= 4 is 11.9 Å². The minimum Gasteiger partial charge on any atom is -0.493 e.